The highest BCUT2D eigenvalue weighted by Crippen LogP contribution is 2.39. The fourth-order valence-corrected chi connectivity index (χ4v) is 10.2. The van der Waals surface area contributed by atoms with E-state index in [-0.39, 0.29) is 4.90 Å². The standard InChI is InChI=1S/C22H24N2O2S.C21H22N2O3S/c1-16-9-11-18(12-10-16)27(25,26)21-14-23-20-8-4-3-7-19(20)22(21)24-13-5-6-17(2)15-24;1-15-7-8-17(13-16(15)2)27(24,25)20-14-22-19-6-4-3-5-18(19)21(20)23-9-11-26-12-10-23/h3-4,7-12,14,17H,5-6,13,15H2,1-2H3;3-8,13-14H,9-12H2,1-2H3. The van der Waals surface area contributed by atoms with Crippen molar-refractivity contribution in [1.29, 1.82) is 0 Å². The Balaban J connectivity index is 0.000000167. The minimum absolute atomic E-state index is 0.256. The molecule has 280 valence electrons. The number of aryl methyl sites for hydroxylation is 3. The van der Waals surface area contributed by atoms with E-state index < -0.39 is 19.7 Å². The fraction of sp³-hybridized carbons (Fsp3) is 0.302. The molecule has 0 amide bonds. The van der Waals surface area contributed by atoms with Gasteiger partial charge in [-0.15, -0.1) is 0 Å². The highest BCUT2D eigenvalue weighted by Gasteiger charge is 2.30. The van der Waals surface area contributed by atoms with Gasteiger partial charge in [-0.3, -0.25) is 9.97 Å². The molecular weight excluding hydrogens is 717 g/mol. The minimum atomic E-state index is -3.69. The van der Waals surface area contributed by atoms with Crippen molar-refractivity contribution in [2.75, 3.05) is 49.2 Å². The van der Waals surface area contributed by atoms with Gasteiger partial charge in [-0.05, 0) is 87.1 Å². The summed E-state index contributed by atoms with van der Waals surface area (Å²) in [4.78, 5) is 14.4. The summed E-state index contributed by atoms with van der Waals surface area (Å²) in [6.45, 7) is 12.3. The van der Waals surface area contributed by atoms with Crippen molar-refractivity contribution in [3.63, 3.8) is 0 Å². The van der Waals surface area contributed by atoms with E-state index in [0.717, 1.165) is 69.4 Å². The van der Waals surface area contributed by atoms with Crippen LogP contribution in [0.5, 0.6) is 0 Å². The number of fused-ring (bicyclic) bond motifs is 2. The van der Waals surface area contributed by atoms with Gasteiger partial charge in [0.25, 0.3) is 0 Å². The molecule has 0 spiro atoms. The van der Waals surface area contributed by atoms with Crippen LogP contribution in [0.2, 0.25) is 0 Å². The van der Waals surface area contributed by atoms with Crippen molar-refractivity contribution in [3.05, 3.63) is 120 Å². The molecule has 0 aliphatic carbocycles. The van der Waals surface area contributed by atoms with Crippen LogP contribution in [0.15, 0.2) is 123 Å². The lowest BCUT2D eigenvalue weighted by Gasteiger charge is -2.34. The first kappa shape index (κ1) is 37.5. The molecule has 4 aromatic carbocycles. The fourth-order valence-electron chi connectivity index (χ4n) is 7.29. The number of sulfone groups is 2. The number of para-hydroxylation sites is 2. The molecule has 8 rings (SSSR count). The van der Waals surface area contributed by atoms with Gasteiger partial charge >= 0.3 is 0 Å². The molecule has 9 nitrogen and oxygen atoms in total. The number of hydrogen-bond donors (Lipinski definition) is 0. The Morgan fingerprint density at radius 3 is 1.74 bits per heavy atom. The molecule has 54 heavy (non-hydrogen) atoms. The molecule has 2 aliphatic rings. The molecule has 0 radical (unpaired) electrons. The predicted molar refractivity (Wildman–Crippen MR) is 215 cm³/mol. The summed E-state index contributed by atoms with van der Waals surface area (Å²) in [5, 5.41) is 1.75. The zero-order valence-electron chi connectivity index (χ0n) is 31.2. The summed E-state index contributed by atoms with van der Waals surface area (Å²) in [5.41, 5.74) is 6.20. The summed E-state index contributed by atoms with van der Waals surface area (Å²) in [6, 6.07) is 27.8. The predicted octanol–water partition coefficient (Wildman–Crippen LogP) is 8.13. The van der Waals surface area contributed by atoms with E-state index in [4.69, 9.17) is 4.74 Å². The Morgan fingerprint density at radius 2 is 1.17 bits per heavy atom. The maximum Gasteiger partial charge on any atom is 0.210 e. The van der Waals surface area contributed by atoms with Crippen molar-refractivity contribution in [1.82, 2.24) is 9.97 Å². The van der Waals surface area contributed by atoms with E-state index in [1.165, 1.54) is 18.8 Å². The van der Waals surface area contributed by atoms with E-state index in [9.17, 15) is 16.8 Å². The zero-order chi connectivity index (χ0) is 38.0. The molecule has 2 saturated heterocycles. The number of pyridine rings is 2. The van der Waals surface area contributed by atoms with Crippen LogP contribution in [0.4, 0.5) is 11.4 Å². The largest absolute Gasteiger partial charge is 0.378 e. The minimum Gasteiger partial charge on any atom is -0.378 e. The van der Waals surface area contributed by atoms with Gasteiger partial charge in [0.15, 0.2) is 0 Å². The van der Waals surface area contributed by atoms with Crippen molar-refractivity contribution in [3.8, 4) is 0 Å². The van der Waals surface area contributed by atoms with Crippen LogP contribution in [0, 0.1) is 26.7 Å². The summed E-state index contributed by atoms with van der Waals surface area (Å²) in [7, 11) is -7.34. The van der Waals surface area contributed by atoms with Gasteiger partial charge in [-0.1, -0.05) is 67.1 Å². The number of benzene rings is 4. The molecule has 0 saturated carbocycles. The normalized spacial score (nSPS) is 16.6. The third-order valence-corrected chi connectivity index (χ3v) is 13.9. The lowest BCUT2D eigenvalue weighted by atomic mass is 9.99. The molecule has 4 heterocycles. The second-order valence-corrected chi connectivity index (χ2v) is 18.2. The van der Waals surface area contributed by atoms with Crippen molar-refractivity contribution in [2.45, 2.75) is 60.1 Å². The van der Waals surface area contributed by atoms with E-state index in [2.05, 4.69) is 26.7 Å². The maximum absolute atomic E-state index is 13.5. The van der Waals surface area contributed by atoms with Crippen LogP contribution in [-0.4, -0.2) is 66.2 Å². The van der Waals surface area contributed by atoms with Gasteiger partial charge < -0.3 is 14.5 Å². The van der Waals surface area contributed by atoms with E-state index in [1.807, 2.05) is 87.5 Å². The number of aromatic nitrogens is 2. The Labute approximate surface area is 318 Å². The topological polar surface area (TPSA) is 110 Å². The smallest absolute Gasteiger partial charge is 0.210 e. The van der Waals surface area contributed by atoms with E-state index >= 15 is 0 Å². The summed E-state index contributed by atoms with van der Waals surface area (Å²) < 4.78 is 59.4. The summed E-state index contributed by atoms with van der Waals surface area (Å²) in [6.07, 6.45) is 5.28. The SMILES string of the molecule is Cc1ccc(S(=O)(=O)c2cnc3ccccc3c2N2CCCC(C)C2)cc1.Cc1ccc(S(=O)(=O)c2cnc3ccccc3c2N2CCOCC2)cc1C. The number of piperidine rings is 1. The van der Waals surface area contributed by atoms with Crippen LogP contribution in [0.3, 0.4) is 0 Å². The summed E-state index contributed by atoms with van der Waals surface area (Å²) >= 11 is 0. The molecular formula is C43H46N4O5S2. The van der Waals surface area contributed by atoms with Crippen LogP contribution < -0.4 is 9.80 Å². The lowest BCUT2D eigenvalue weighted by Crippen LogP contribution is -2.37. The molecule has 2 fully saturated rings. The third-order valence-electron chi connectivity index (χ3n) is 10.4. The number of ether oxygens (including phenoxy) is 1. The first-order valence-electron chi connectivity index (χ1n) is 18.4. The average molecular weight is 763 g/mol. The molecule has 1 atom stereocenters. The van der Waals surface area contributed by atoms with Gasteiger partial charge in [-0.25, -0.2) is 16.8 Å². The molecule has 6 aromatic rings. The molecule has 0 bridgehead atoms. The quantitative estimate of drug-likeness (QED) is 0.166. The van der Waals surface area contributed by atoms with Gasteiger partial charge in [-0.2, -0.15) is 0 Å². The van der Waals surface area contributed by atoms with Crippen LogP contribution in [0.1, 0.15) is 36.5 Å². The summed E-state index contributed by atoms with van der Waals surface area (Å²) in [5.74, 6) is 0.542. The third kappa shape index (κ3) is 7.45. The monoisotopic (exact) mass is 762 g/mol. The van der Waals surface area contributed by atoms with Crippen molar-refractivity contribution < 1.29 is 21.6 Å². The number of nitrogens with zero attached hydrogens (tertiary/aromatic N) is 4. The average Bonchev–Trinajstić information content (AvgIpc) is 3.18. The molecule has 2 aromatic heterocycles. The van der Waals surface area contributed by atoms with Crippen molar-refractivity contribution >= 4 is 52.9 Å². The molecule has 0 N–H and O–H groups in total. The second-order valence-electron chi connectivity index (χ2n) is 14.3. The molecule has 1 unspecified atom stereocenters. The first-order chi connectivity index (χ1) is 25.9. The van der Waals surface area contributed by atoms with Crippen LogP contribution in [-0.2, 0) is 24.4 Å². The molecule has 11 heteroatoms. The highest BCUT2D eigenvalue weighted by molar-refractivity contribution is 7.92. The Bertz CT molecular complexity index is 2530. The zero-order valence-corrected chi connectivity index (χ0v) is 32.8. The van der Waals surface area contributed by atoms with Crippen LogP contribution in [0.25, 0.3) is 21.8 Å². The second kappa shape index (κ2) is 15.5. The van der Waals surface area contributed by atoms with Crippen molar-refractivity contribution in [2.24, 2.45) is 5.92 Å². The molecule has 2 aliphatic heterocycles. The van der Waals surface area contributed by atoms with E-state index in [1.54, 1.807) is 24.3 Å². The first-order valence-corrected chi connectivity index (χ1v) is 21.4. The Kier molecular flexibility index (Phi) is 10.7. The van der Waals surface area contributed by atoms with Gasteiger partial charge in [0.05, 0.1) is 45.4 Å². The van der Waals surface area contributed by atoms with Gasteiger partial charge in [0.2, 0.25) is 19.7 Å². The Hall–Kier alpha value is -4.84. The number of hydrogen-bond acceptors (Lipinski definition) is 9. The number of morpholine rings is 1. The number of anilines is 2. The maximum atomic E-state index is 13.5. The number of rotatable bonds is 6. The van der Waals surface area contributed by atoms with Gasteiger partial charge in [0, 0.05) is 49.3 Å². The highest BCUT2D eigenvalue weighted by atomic mass is 32.2. The Morgan fingerprint density at radius 1 is 0.630 bits per heavy atom. The van der Waals surface area contributed by atoms with Crippen LogP contribution >= 0.6 is 0 Å². The lowest BCUT2D eigenvalue weighted by molar-refractivity contribution is 0.122. The van der Waals surface area contributed by atoms with Gasteiger partial charge in [0.1, 0.15) is 9.79 Å². The van der Waals surface area contributed by atoms with E-state index in [0.29, 0.717) is 46.9 Å².